The summed E-state index contributed by atoms with van der Waals surface area (Å²) in [5, 5.41) is 2.99. The normalized spacial score (nSPS) is 15.6. The van der Waals surface area contributed by atoms with Crippen molar-refractivity contribution in [3.8, 4) is 17.2 Å². The Hall–Kier alpha value is -3.03. The predicted molar refractivity (Wildman–Crippen MR) is 114 cm³/mol. The van der Waals surface area contributed by atoms with Crippen LogP contribution in [0.1, 0.15) is 37.6 Å². The molecule has 1 aliphatic rings. The molecule has 1 amide bonds. The Labute approximate surface area is 181 Å². The Morgan fingerprint density at radius 2 is 1.68 bits per heavy atom. The smallest absolute Gasteiger partial charge is 0.251 e. The zero-order chi connectivity index (χ0) is 22.4. The van der Waals surface area contributed by atoms with E-state index < -0.39 is 11.6 Å². The molecule has 31 heavy (non-hydrogen) atoms. The molecule has 0 aliphatic carbocycles. The maximum Gasteiger partial charge on any atom is 0.251 e. The second kappa shape index (κ2) is 10.3. The fraction of sp³-hybridized carbons (Fsp3) is 0.435. The van der Waals surface area contributed by atoms with Gasteiger partial charge in [0.15, 0.2) is 11.5 Å². The van der Waals surface area contributed by atoms with Gasteiger partial charge in [0.25, 0.3) is 5.91 Å². The van der Waals surface area contributed by atoms with Crippen molar-refractivity contribution in [3.05, 3.63) is 47.5 Å². The summed E-state index contributed by atoms with van der Waals surface area (Å²) in [5.74, 6) is -0.140. The van der Waals surface area contributed by atoms with E-state index >= 15 is 0 Å². The van der Waals surface area contributed by atoms with Gasteiger partial charge in [0.2, 0.25) is 5.75 Å². The molecule has 2 aromatic carbocycles. The van der Waals surface area contributed by atoms with Crippen molar-refractivity contribution in [2.75, 3.05) is 37.8 Å². The number of nitrogens with one attached hydrogen (secondary N) is 1. The minimum Gasteiger partial charge on any atom is -0.490 e. The summed E-state index contributed by atoms with van der Waals surface area (Å²) < 4.78 is 44.3. The van der Waals surface area contributed by atoms with Crippen LogP contribution < -0.4 is 24.4 Å². The lowest BCUT2D eigenvalue weighted by Crippen LogP contribution is -2.37. The van der Waals surface area contributed by atoms with Crippen molar-refractivity contribution in [1.82, 2.24) is 5.32 Å². The third-order valence-corrected chi connectivity index (χ3v) is 4.95. The third-order valence-electron chi connectivity index (χ3n) is 4.95. The van der Waals surface area contributed by atoms with Crippen molar-refractivity contribution in [3.63, 3.8) is 0 Å². The highest BCUT2D eigenvalue weighted by Gasteiger charge is 2.27. The van der Waals surface area contributed by atoms with E-state index in [1.54, 1.807) is 17.0 Å². The van der Waals surface area contributed by atoms with Crippen LogP contribution in [0.25, 0.3) is 0 Å². The largest absolute Gasteiger partial charge is 0.490 e. The summed E-state index contributed by atoms with van der Waals surface area (Å²) >= 11 is 0. The summed E-state index contributed by atoms with van der Waals surface area (Å²) in [6.07, 6.45) is 0.649. The summed E-state index contributed by atoms with van der Waals surface area (Å²) in [6, 6.07) is 6.62. The first-order valence-electron chi connectivity index (χ1n) is 10.5. The van der Waals surface area contributed by atoms with Crippen molar-refractivity contribution in [2.45, 2.75) is 33.2 Å². The second-order valence-corrected chi connectivity index (χ2v) is 7.10. The number of ether oxygens (including phenoxy) is 3. The molecule has 3 rings (SSSR count). The first kappa shape index (κ1) is 22.7. The van der Waals surface area contributed by atoms with Crippen molar-refractivity contribution in [2.24, 2.45) is 0 Å². The maximum atomic E-state index is 14.1. The lowest BCUT2D eigenvalue weighted by Gasteiger charge is -2.20. The lowest BCUT2D eigenvalue weighted by molar-refractivity contribution is 0.0939. The second-order valence-electron chi connectivity index (χ2n) is 7.10. The predicted octanol–water partition coefficient (Wildman–Crippen LogP) is 4.17. The zero-order valence-corrected chi connectivity index (χ0v) is 18.0. The molecular weight excluding hydrogens is 406 g/mol. The van der Waals surface area contributed by atoms with Gasteiger partial charge in [-0.15, -0.1) is 0 Å². The van der Waals surface area contributed by atoms with Crippen LogP contribution in [-0.4, -0.2) is 44.9 Å². The van der Waals surface area contributed by atoms with Crippen LogP contribution in [0.4, 0.5) is 14.5 Å². The van der Waals surface area contributed by atoms with E-state index in [1.165, 1.54) is 12.1 Å². The van der Waals surface area contributed by atoms with E-state index in [9.17, 15) is 13.6 Å². The molecule has 1 N–H and O–H groups in total. The topological polar surface area (TPSA) is 60.0 Å². The summed E-state index contributed by atoms with van der Waals surface area (Å²) in [6.45, 7) is 7.82. The van der Waals surface area contributed by atoms with Crippen LogP contribution in [0.2, 0.25) is 0 Å². The van der Waals surface area contributed by atoms with Crippen molar-refractivity contribution >= 4 is 11.6 Å². The van der Waals surface area contributed by atoms with E-state index in [4.69, 9.17) is 14.2 Å². The van der Waals surface area contributed by atoms with Gasteiger partial charge in [-0.1, -0.05) is 0 Å². The van der Waals surface area contributed by atoms with Crippen LogP contribution in [0.3, 0.4) is 0 Å². The molecule has 168 valence electrons. The number of anilines is 1. The van der Waals surface area contributed by atoms with Crippen LogP contribution in [-0.2, 0) is 0 Å². The van der Waals surface area contributed by atoms with E-state index in [0.29, 0.717) is 67.8 Å². The van der Waals surface area contributed by atoms with E-state index in [1.807, 2.05) is 20.8 Å². The molecule has 6 nitrogen and oxygen atoms in total. The van der Waals surface area contributed by atoms with Gasteiger partial charge < -0.3 is 24.4 Å². The quantitative estimate of drug-likeness (QED) is 0.642. The Bertz CT molecular complexity index is 895. The molecule has 8 heteroatoms. The highest BCUT2D eigenvalue weighted by Crippen LogP contribution is 2.39. The molecule has 1 aliphatic heterocycles. The molecule has 1 heterocycles. The van der Waals surface area contributed by atoms with Crippen molar-refractivity contribution < 1.29 is 27.8 Å². The standard InChI is InChI=1S/C23H28F2N2O4/c1-4-29-20-11-15(12-21(30-5-2)22(20)31-6-3)23(28)26-17-9-10-27(14-17)19-8-7-16(24)13-18(19)25/h7-8,11-13,17H,4-6,9-10,14H2,1-3H3,(H,26,28). The number of amides is 1. The van der Waals surface area contributed by atoms with Gasteiger partial charge in [0.1, 0.15) is 11.6 Å². The number of carbonyl (C=O) groups excluding carboxylic acids is 1. The van der Waals surface area contributed by atoms with Gasteiger partial charge in [-0.2, -0.15) is 0 Å². The fourth-order valence-electron chi connectivity index (χ4n) is 3.62. The molecule has 0 bridgehead atoms. The van der Waals surface area contributed by atoms with E-state index in [0.717, 1.165) is 6.07 Å². The average molecular weight is 434 g/mol. The number of rotatable bonds is 9. The van der Waals surface area contributed by atoms with Crippen molar-refractivity contribution in [1.29, 1.82) is 0 Å². The molecule has 0 saturated carbocycles. The first-order chi connectivity index (χ1) is 15.0. The van der Waals surface area contributed by atoms with E-state index in [-0.39, 0.29) is 11.9 Å². The Morgan fingerprint density at radius 3 is 2.26 bits per heavy atom. The van der Waals surface area contributed by atoms with Crippen LogP contribution in [0.15, 0.2) is 30.3 Å². The number of hydrogen-bond acceptors (Lipinski definition) is 5. The van der Waals surface area contributed by atoms with Crippen LogP contribution in [0, 0.1) is 11.6 Å². The Morgan fingerprint density at radius 1 is 1.03 bits per heavy atom. The van der Waals surface area contributed by atoms with Gasteiger partial charge in [-0.05, 0) is 51.5 Å². The zero-order valence-electron chi connectivity index (χ0n) is 18.0. The number of hydrogen-bond donors (Lipinski definition) is 1. The molecule has 1 atom stereocenters. The fourth-order valence-corrected chi connectivity index (χ4v) is 3.62. The van der Waals surface area contributed by atoms with E-state index in [2.05, 4.69) is 5.32 Å². The molecule has 1 fully saturated rings. The SMILES string of the molecule is CCOc1cc(C(=O)NC2CCN(c3ccc(F)cc3F)C2)cc(OCC)c1OCC. The highest BCUT2D eigenvalue weighted by atomic mass is 19.1. The monoisotopic (exact) mass is 434 g/mol. The summed E-state index contributed by atoms with van der Waals surface area (Å²) in [7, 11) is 0. The van der Waals surface area contributed by atoms with Gasteiger partial charge >= 0.3 is 0 Å². The maximum absolute atomic E-state index is 14.1. The minimum atomic E-state index is -0.615. The number of benzene rings is 2. The molecule has 1 saturated heterocycles. The molecule has 2 aromatic rings. The number of nitrogens with zero attached hydrogens (tertiary/aromatic N) is 1. The van der Waals surface area contributed by atoms with Gasteiger partial charge in [0.05, 0.1) is 25.5 Å². The van der Waals surface area contributed by atoms with Crippen LogP contribution in [0.5, 0.6) is 17.2 Å². The Balaban J connectivity index is 1.75. The molecule has 0 radical (unpaired) electrons. The average Bonchev–Trinajstić information content (AvgIpc) is 3.18. The van der Waals surface area contributed by atoms with Crippen LogP contribution >= 0.6 is 0 Å². The number of carbonyl (C=O) groups is 1. The van der Waals surface area contributed by atoms with Gasteiger partial charge in [-0.25, -0.2) is 8.78 Å². The summed E-state index contributed by atoms with van der Waals surface area (Å²) in [5.41, 5.74) is 0.721. The molecule has 1 unspecified atom stereocenters. The molecular formula is C23H28F2N2O4. The Kier molecular flexibility index (Phi) is 7.55. The first-order valence-corrected chi connectivity index (χ1v) is 10.5. The third kappa shape index (κ3) is 5.37. The lowest BCUT2D eigenvalue weighted by atomic mass is 10.1. The highest BCUT2D eigenvalue weighted by molar-refractivity contribution is 5.96. The van der Waals surface area contributed by atoms with Gasteiger partial charge in [0, 0.05) is 30.8 Å². The minimum absolute atomic E-state index is 0.172. The summed E-state index contributed by atoms with van der Waals surface area (Å²) in [4.78, 5) is 14.7. The molecule has 0 aromatic heterocycles. The number of halogens is 2. The van der Waals surface area contributed by atoms with Gasteiger partial charge in [-0.3, -0.25) is 4.79 Å². The molecule has 0 spiro atoms.